The highest BCUT2D eigenvalue weighted by Crippen LogP contribution is 2.23. The molecule has 1 fully saturated rings. The quantitative estimate of drug-likeness (QED) is 0.629. The van der Waals surface area contributed by atoms with Gasteiger partial charge < -0.3 is 20.1 Å². The molecule has 5 nitrogen and oxygen atoms in total. The maximum atomic E-state index is 11.8. The van der Waals surface area contributed by atoms with Crippen LogP contribution in [0.2, 0.25) is 0 Å². The molecule has 0 aromatic carbocycles. The SMILES string of the molecule is COCCOCCNC(=O)CC(C)C1CCNCC1.Cl. The van der Waals surface area contributed by atoms with E-state index in [1.54, 1.807) is 7.11 Å². The molecule has 1 saturated heterocycles. The van der Waals surface area contributed by atoms with E-state index in [4.69, 9.17) is 9.47 Å². The van der Waals surface area contributed by atoms with Gasteiger partial charge in [0.25, 0.3) is 0 Å². The van der Waals surface area contributed by atoms with Crippen LogP contribution < -0.4 is 10.6 Å². The zero-order chi connectivity index (χ0) is 13.9. The van der Waals surface area contributed by atoms with Crippen molar-refractivity contribution >= 4 is 18.3 Å². The van der Waals surface area contributed by atoms with E-state index in [1.807, 2.05) is 0 Å². The lowest BCUT2D eigenvalue weighted by molar-refractivity contribution is -0.122. The lowest BCUT2D eigenvalue weighted by Crippen LogP contribution is -2.34. The highest BCUT2D eigenvalue weighted by atomic mass is 35.5. The number of hydrogen-bond donors (Lipinski definition) is 2. The molecular formula is C14H29ClN2O3. The number of methoxy groups -OCH3 is 1. The van der Waals surface area contributed by atoms with Crippen LogP contribution in [0.3, 0.4) is 0 Å². The molecule has 1 unspecified atom stereocenters. The minimum atomic E-state index is 0. The van der Waals surface area contributed by atoms with Gasteiger partial charge in [0.1, 0.15) is 0 Å². The average molecular weight is 309 g/mol. The summed E-state index contributed by atoms with van der Waals surface area (Å²) in [5.41, 5.74) is 0. The molecule has 6 heteroatoms. The zero-order valence-corrected chi connectivity index (χ0v) is 13.5. The second-order valence-electron chi connectivity index (χ2n) is 5.22. The summed E-state index contributed by atoms with van der Waals surface area (Å²) in [6.07, 6.45) is 3.01. The first kappa shape index (κ1) is 19.6. The first-order valence-corrected chi connectivity index (χ1v) is 7.28. The van der Waals surface area contributed by atoms with Gasteiger partial charge in [0.15, 0.2) is 0 Å². The van der Waals surface area contributed by atoms with E-state index in [0.717, 1.165) is 13.1 Å². The Hall–Kier alpha value is -0.360. The van der Waals surface area contributed by atoms with Crippen molar-refractivity contribution in [3.05, 3.63) is 0 Å². The maximum absolute atomic E-state index is 11.8. The first-order chi connectivity index (χ1) is 9.24. The number of hydrogen-bond acceptors (Lipinski definition) is 4. The molecule has 1 heterocycles. The Morgan fingerprint density at radius 3 is 2.65 bits per heavy atom. The predicted octanol–water partition coefficient (Wildman–Crippen LogP) is 1.21. The van der Waals surface area contributed by atoms with E-state index in [-0.39, 0.29) is 18.3 Å². The largest absolute Gasteiger partial charge is 0.382 e. The second-order valence-corrected chi connectivity index (χ2v) is 5.22. The zero-order valence-electron chi connectivity index (χ0n) is 12.7. The van der Waals surface area contributed by atoms with Crippen molar-refractivity contribution < 1.29 is 14.3 Å². The molecule has 0 bridgehead atoms. The van der Waals surface area contributed by atoms with E-state index in [0.29, 0.717) is 44.6 Å². The summed E-state index contributed by atoms with van der Waals surface area (Å²) in [4.78, 5) is 11.8. The summed E-state index contributed by atoms with van der Waals surface area (Å²) in [5.74, 6) is 1.29. The van der Waals surface area contributed by atoms with Crippen LogP contribution in [-0.4, -0.2) is 52.5 Å². The Morgan fingerprint density at radius 1 is 1.30 bits per heavy atom. The minimum Gasteiger partial charge on any atom is -0.382 e. The molecule has 1 aliphatic heterocycles. The summed E-state index contributed by atoms with van der Waals surface area (Å²) in [6.45, 7) is 6.68. The van der Waals surface area contributed by atoms with Crippen LogP contribution in [0.5, 0.6) is 0 Å². The normalized spacial score (nSPS) is 17.3. The van der Waals surface area contributed by atoms with Gasteiger partial charge in [-0.25, -0.2) is 0 Å². The number of piperidine rings is 1. The number of nitrogens with one attached hydrogen (secondary N) is 2. The van der Waals surface area contributed by atoms with Crippen LogP contribution in [0.15, 0.2) is 0 Å². The van der Waals surface area contributed by atoms with E-state index in [2.05, 4.69) is 17.6 Å². The minimum absolute atomic E-state index is 0. The van der Waals surface area contributed by atoms with Crippen LogP contribution in [0.25, 0.3) is 0 Å². The van der Waals surface area contributed by atoms with Gasteiger partial charge >= 0.3 is 0 Å². The summed E-state index contributed by atoms with van der Waals surface area (Å²) < 4.78 is 10.2. The van der Waals surface area contributed by atoms with Gasteiger partial charge in [0.2, 0.25) is 5.91 Å². The van der Waals surface area contributed by atoms with Crippen molar-refractivity contribution in [2.75, 3.05) is 46.6 Å². The number of carbonyl (C=O) groups excluding carboxylic acids is 1. The first-order valence-electron chi connectivity index (χ1n) is 7.28. The second kappa shape index (κ2) is 12.4. The third kappa shape index (κ3) is 8.74. The van der Waals surface area contributed by atoms with Crippen LogP contribution in [0.1, 0.15) is 26.2 Å². The molecule has 0 spiro atoms. The number of rotatable bonds is 9. The third-order valence-electron chi connectivity index (χ3n) is 3.70. The molecule has 0 radical (unpaired) electrons. The monoisotopic (exact) mass is 308 g/mol. The summed E-state index contributed by atoms with van der Waals surface area (Å²) in [6, 6.07) is 0. The van der Waals surface area contributed by atoms with Crippen molar-refractivity contribution in [3.63, 3.8) is 0 Å². The van der Waals surface area contributed by atoms with Gasteiger partial charge in [0.05, 0.1) is 19.8 Å². The molecule has 20 heavy (non-hydrogen) atoms. The third-order valence-corrected chi connectivity index (χ3v) is 3.70. The molecule has 120 valence electrons. The summed E-state index contributed by atoms with van der Waals surface area (Å²) in [7, 11) is 1.65. The van der Waals surface area contributed by atoms with Crippen molar-refractivity contribution in [2.24, 2.45) is 11.8 Å². The highest BCUT2D eigenvalue weighted by molar-refractivity contribution is 5.85. The molecule has 2 N–H and O–H groups in total. The van der Waals surface area contributed by atoms with Crippen molar-refractivity contribution in [1.82, 2.24) is 10.6 Å². The molecular weight excluding hydrogens is 280 g/mol. The average Bonchev–Trinajstić information content (AvgIpc) is 2.43. The highest BCUT2D eigenvalue weighted by Gasteiger charge is 2.21. The number of halogens is 1. The Balaban J connectivity index is 0.00000361. The molecule has 0 aromatic heterocycles. The molecule has 0 saturated carbocycles. The summed E-state index contributed by atoms with van der Waals surface area (Å²) in [5, 5.41) is 6.26. The van der Waals surface area contributed by atoms with Crippen molar-refractivity contribution in [1.29, 1.82) is 0 Å². The number of carbonyl (C=O) groups is 1. The molecule has 0 aromatic rings. The lowest BCUT2D eigenvalue weighted by atomic mass is 9.84. The smallest absolute Gasteiger partial charge is 0.220 e. The standard InChI is InChI=1S/C14H28N2O3.ClH/c1-12(13-3-5-15-6-4-13)11-14(17)16-7-8-19-10-9-18-2;/h12-13,15H,3-11H2,1-2H3,(H,16,17);1H. The van der Waals surface area contributed by atoms with E-state index in [9.17, 15) is 4.79 Å². The fraction of sp³-hybridized carbons (Fsp3) is 0.929. The topological polar surface area (TPSA) is 59.6 Å². The Kier molecular flexibility index (Phi) is 12.2. The molecule has 1 amide bonds. The van der Waals surface area contributed by atoms with Gasteiger partial charge in [-0.1, -0.05) is 6.92 Å². The van der Waals surface area contributed by atoms with Crippen LogP contribution in [0.4, 0.5) is 0 Å². The van der Waals surface area contributed by atoms with Crippen LogP contribution >= 0.6 is 12.4 Å². The number of ether oxygens (including phenoxy) is 2. The molecule has 1 aliphatic rings. The van der Waals surface area contributed by atoms with Crippen LogP contribution in [0, 0.1) is 11.8 Å². The Morgan fingerprint density at radius 2 is 2.00 bits per heavy atom. The molecule has 0 aliphatic carbocycles. The Bertz CT molecular complexity index is 249. The van der Waals surface area contributed by atoms with Crippen molar-refractivity contribution in [3.8, 4) is 0 Å². The van der Waals surface area contributed by atoms with Gasteiger partial charge in [-0.05, 0) is 37.8 Å². The van der Waals surface area contributed by atoms with E-state index < -0.39 is 0 Å². The summed E-state index contributed by atoms with van der Waals surface area (Å²) >= 11 is 0. The molecule has 1 rings (SSSR count). The van der Waals surface area contributed by atoms with Gasteiger partial charge in [-0.2, -0.15) is 0 Å². The van der Waals surface area contributed by atoms with E-state index >= 15 is 0 Å². The number of amides is 1. The van der Waals surface area contributed by atoms with Crippen LogP contribution in [-0.2, 0) is 14.3 Å². The Labute approximate surface area is 128 Å². The van der Waals surface area contributed by atoms with Gasteiger partial charge in [-0.15, -0.1) is 12.4 Å². The fourth-order valence-electron chi connectivity index (χ4n) is 2.45. The predicted molar refractivity (Wildman–Crippen MR) is 82.3 cm³/mol. The lowest BCUT2D eigenvalue weighted by Gasteiger charge is -2.27. The van der Waals surface area contributed by atoms with E-state index in [1.165, 1.54) is 12.8 Å². The van der Waals surface area contributed by atoms with Crippen molar-refractivity contribution in [2.45, 2.75) is 26.2 Å². The van der Waals surface area contributed by atoms with Gasteiger partial charge in [0, 0.05) is 20.1 Å². The van der Waals surface area contributed by atoms with Gasteiger partial charge in [-0.3, -0.25) is 4.79 Å². The molecule has 1 atom stereocenters. The fourth-order valence-corrected chi connectivity index (χ4v) is 2.45. The maximum Gasteiger partial charge on any atom is 0.220 e.